The molecule has 26 heavy (non-hydrogen) atoms. The Labute approximate surface area is 154 Å². The van der Waals surface area contributed by atoms with Crippen molar-refractivity contribution in [3.8, 4) is 0 Å². The van der Waals surface area contributed by atoms with Gasteiger partial charge in [-0.25, -0.2) is 4.79 Å². The van der Waals surface area contributed by atoms with Crippen LogP contribution in [0.25, 0.3) is 0 Å². The largest absolute Gasteiger partial charge is 0.477 e. The predicted octanol–water partition coefficient (Wildman–Crippen LogP) is 1.91. The minimum absolute atomic E-state index is 0.00785. The third kappa shape index (κ3) is 3.10. The van der Waals surface area contributed by atoms with Crippen LogP contribution in [0.15, 0.2) is 5.10 Å². The van der Waals surface area contributed by atoms with Gasteiger partial charge in [-0.3, -0.25) is 9.80 Å². The number of hydrogen-bond donors (Lipinski definition) is 2. The van der Waals surface area contributed by atoms with Gasteiger partial charge in [-0.2, -0.15) is 5.10 Å². The number of carbonyl (C=O) groups is 2. The van der Waals surface area contributed by atoms with E-state index in [9.17, 15) is 14.7 Å². The molecule has 1 unspecified atom stereocenters. The van der Waals surface area contributed by atoms with E-state index in [1.165, 1.54) is 0 Å². The third-order valence-electron chi connectivity index (χ3n) is 6.69. The second kappa shape index (κ2) is 7.18. The summed E-state index contributed by atoms with van der Waals surface area (Å²) >= 11 is 0. The summed E-state index contributed by atoms with van der Waals surface area (Å²) in [6, 6.07) is 0.00785. The molecule has 0 aromatic heterocycles. The van der Waals surface area contributed by atoms with Crippen molar-refractivity contribution >= 4 is 17.6 Å². The lowest BCUT2D eigenvalue weighted by molar-refractivity contribution is -0.129. The molecule has 4 aliphatic rings. The van der Waals surface area contributed by atoms with E-state index in [2.05, 4.69) is 10.4 Å². The molecule has 4 rings (SSSR count). The number of ether oxygens (including phenoxy) is 1. The molecule has 7 heteroatoms. The Kier molecular flexibility index (Phi) is 4.90. The van der Waals surface area contributed by atoms with Crippen molar-refractivity contribution in [2.75, 3.05) is 13.2 Å². The lowest BCUT2D eigenvalue weighted by Crippen LogP contribution is -2.54. The summed E-state index contributed by atoms with van der Waals surface area (Å²) in [5.41, 5.74) is 0.161. The molecule has 0 radical (unpaired) electrons. The summed E-state index contributed by atoms with van der Waals surface area (Å²) in [6.07, 6.45) is 9.67. The molecule has 0 aromatic carbocycles. The summed E-state index contributed by atoms with van der Waals surface area (Å²) in [5.74, 6) is -0.848. The van der Waals surface area contributed by atoms with Crippen LogP contribution < -0.4 is 5.32 Å². The molecule has 2 saturated heterocycles. The molecule has 0 bridgehead atoms. The van der Waals surface area contributed by atoms with Crippen LogP contribution >= 0.6 is 0 Å². The maximum absolute atomic E-state index is 12.5. The van der Waals surface area contributed by atoms with E-state index in [0.29, 0.717) is 18.7 Å². The number of nitrogens with zero attached hydrogens (tertiary/aromatic N) is 2. The van der Waals surface area contributed by atoms with Gasteiger partial charge in [-0.15, -0.1) is 0 Å². The van der Waals surface area contributed by atoms with E-state index < -0.39 is 5.97 Å². The first-order chi connectivity index (χ1) is 12.6. The number of piperidine rings is 1. The van der Waals surface area contributed by atoms with Crippen molar-refractivity contribution < 1.29 is 19.4 Å². The highest BCUT2D eigenvalue weighted by Gasteiger charge is 2.58. The number of aliphatic carboxylic acids is 1. The van der Waals surface area contributed by atoms with Crippen LogP contribution in [0.4, 0.5) is 0 Å². The molecule has 1 saturated carbocycles. The molecule has 3 aliphatic heterocycles. The molecule has 2 N–H and O–H groups in total. The monoisotopic (exact) mass is 363 g/mol. The Morgan fingerprint density at radius 3 is 2.73 bits per heavy atom. The number of carbonyl (C=O) groups excluding carboxylic acids is 1. The van der Waals surface area contributed by atoms with Crippen LogP contribution in [0.3, 0.4) is 0 Å². The molecule has 1 spiro atoms. The van der Waals surface area contributed by atoms with E-state index >= 15 is 0 Å². The van der Waals surface area contributed by atoms with E-state index in [-0.39, 0.29) is 29.5 Å². The number of nitrogens with one attached hydrogen (secondary N) is 1. The number of hydrogen-bond acceptors (Lipinski definition) is 5. The smallest absolute Gasteiger partial charge is 0.352 e. The van der Waals surface area contributed by atoms with Crippen LogP contribution in [0.1, 0.15) is 64.2 Å². The van der Waals surface area contributed by atoms with Crippen molar-refractivity contribution in [2.24, 2.45) is 11.0 Å². The number of rotatable bonds is 5. The minimum atomic E-state index is -0.900. The van der Waals surface area contributed by atoms with Crippen molar-refractivity contribution in [2.45, 2.75) is 81.9 Å². The summed E-state index contributed by atoms with van der Waals surface area (Å²) in [4.78, 5) is 24.1. The van der Waals surface area contributed by atoms with Crippen molar-refractivity contribution in [3.63, 3.8) is 0 Å². The van der Waals surface area contributed by atoms with Gasteiger partial charge in [0.15, 0.2) is 5.71 Å². The highest BCUT2D eigenvalue weighted by atomic mass is 16.5. The number of carboxylic acid groups (broad SMARTS) is 1. The Balaban J connectivity index is 1.40. The van der Waals surface area contributed by atoms with Gasteiger partial charge in [0.25, 0.3) is 0 Å². The third-order valence-corrected chi connectivity index (χ3v) is 6.69. The first-order valence-corrected chi connectivity index (χ1v) is 10.1. The van der Waals surface area contributed by atoms with Gasteiger partial charge in [-0.05, 0) is 51.4 Å². The maximum Gasteiger partial charge on any atom is 0.352 e. The van der Waals surface area contributed by atoms with Gasteiger partial charge in [0.2, 0.25) is 5.91 Å². The lowest BCUT2D eigenvalue weighted by atomic mass is 9.76. The molecular weight excluding hydrogens is 334 g/mol. The van der Waals surface area contributed by atoms with Crippen molar-refractivity contribution in [1.29, 1.82) is 0 Å². The first-order valence-electron chi connectivity index (χ1n) is 10.1. The molecule has 0 aromatic rings. The normalized spacial score (nSPS) is 36.2. The predicted molar refractivity (Wildman–Crippen MR) is 95.8 cm³/mol. The number of hydrazone groups is 1. The molecule has 144 valence electrons. The van der Waals surface area contributed by atoms with Crippen LogP contribution in [0.5, 0.6) is 0 Å². The zero-order valence-corrected chi connectivity index (χ0v) is 15.3. The average Bonchev–Trinajstić information content (AvgIpc) is 3.17. The van der Waals surface area contributed by atoms with Crippen LogP contribution in [-0.2, 0) is 14.3 Å². The summed E-state index contributed by atoms with van der Waals surface area (Å²) in [6.45, 7) is 1.36. The molecule has 3 heterocycles. The molecule has 7 nitrogen and oxygen atoms in total. The number of carboxylic acids is 1. The molecule has 4 atom stereocenters. The molecular formula is C19H29N3O4. The molecule has 3 fully saturated rings. The second-order valence-electron chi connectivity index (χ2n) is 8.23. The second-order valence-corrected chi connectivity index (χ2v) is 8.23. The van der Waals surface area contributed by atoms with Gasteiger partial charge in [-0.1, -0.05) is 6.42 Å². The average molecular weight is 363 g/mol. The van der Waals surface area contributed by atoms with Gasteiger partial charge < -0.3 is 15.2 Å². The Bertz CT molecular complexity index is 602. The van der Waals surface area contributed by atoms with E-state index in [1.54, 1.807) is 0 Å². The van der Waals surface area contributed by atoms with Crippen LogP contribution in [-0.4, -0.2) is 58.5 Å². The van der Waals surface area contributed by atoms with Crippen LogP contribution in [0, 0.1) is 5.92 Å². The number of amides is 1. The summed E-state index contributed by atoms with van der Waals surface area (Å²) in [5, 5.41) is 19.1. The highest BCUT2D eigenvalue weighted by molar-refractivity contribution is 6.37. The van der Waals surface area contributed by atoms with Gasteiger partial charge in [0, 0.05) is 25.5 Å². The van der Waals surface area contributed by atoms with E-state index in [0.717, 1.165) is 64.4 Å². The first kappa shape index (κ1) is 17.8. The quantitative estimate of drug-likeness (QED) is 0.779. The van der Waals surface area contributed by atoms with Crippen molar-refractivity contribution in [3.05, 3.63) is 0 Å². The molecule has 1 amide bonds. The Hall–Kier alpha value is -1.63. The van der Waals surface area contributed by atoms with E-state index in [4.69, 9.17) is 4.74 Å². The fourth-order valence-electron chi connectivity index (χ4n) is 5.49. The summed E-state index contributed by atoms with van der Waals surface area (Å²) < 4.78 is 5.67. The lowest BCUT2D eigenvalue weighted by Gasteiger charge is -2.46. The Morgan fingerprint density at radius 2 is 2.00 bits per heavy atom. The standard InChI is InChI=1S/C19H29N3O4/c23-16(20-12-14-6-1-2-10-26-14)11-13-5-3-8-19-9-4-7-15(19)17(18(24)25)21-22(13)19/h13-15H,1-12H2,(H,20,23)(H,24,25)/t13-,14?,15-,19-/m1/s1. The van der Waals surface area contributed by atoms with E-state index in [1.807, 2.05) is 5.01 Å². The van der Waals surface area contributed by atoms with Crippen LogP contribution in [0.2, 0.25) is 0 Å². The highest BCUT2D eigenvalue weighted by Crippen LogP contribution is 2.52. The zero-order chi connectivity index (χ0) is 18.1. The van der Waals surface area contributed by atoms with Gasteiger partial charge in [0.05, 0.1) is 17.7 Å². The van der Waals surface area contributed by atoms with Gasteiger partial charge >= 0.3 is 5.97 Å². The SMILES string of the molecule is O=C(C[C@H]1CCC[C@@]23CCC[C@@H]2C(C(=O)O)=NN13)NCC1CCCCO1. The minimum Gasteiger partial charge on any atom is -0.477 e. The van der Waals surface area contributed by atoms with Gasteiger partial charge in [0.1, 0.15) is 0 Å². The molecule has 1 aliphatic carbocycles. The fraction of sp³-hybridized carbons (Fsp3) is 0.842. The fourth-order valence-corrected chi connectivity index (χ4v) is 5.49. The zero-order valence-electron chi connectivity index (χ0n) is 15.3. The maximum atomic E-state index is 12.5. The topological polar surface area (TPSA) is 91.2 Å². The summed E-state index contributed by atoms with van der Waals surface area (Å²) in [7, 11) is 0. The Morgan fingerprint density at radius 1 is 1.19 bits per heavy atom. The van der Waals surface area contributed by atoms with Crippen molar-refractivity contribution in [1.82, 2.24) is 10.3 Å².